The minimum atomic E-state index is 0.606. The Bertz CT molecular complexity index is 4240. The van der Waals surface area contributed by atoms with Gasteiger partial charge >= 0.3 is 0 Å². The second-order valence-electron chi connectivity index (χ2n) is 18.4. The molecule has 346 valence electrons. The lowest BCUT2D eigenvalue weighted by Crippen LogP contribution is -2.03. The first kappa shape index (κ1) is 42.7. The first-order valence-corrected chi connectivity index (χ1v) is 24.8. The van der Waals surface area contributed by atoms with Crippen molar-refractivity contribution in [3.63, 3.8) is 0 Å². The van der Waals surface area contributed by atoms with Gasteiger partial charge < -0.3 is 9.13 Å². The van der Waals surface area contributed by atoms with E-state index in [0.717, 1.165) is 100 Å². The van der Waals surface area contributed by atoms with Crippen LogP contribution in [0.5, 0.6) is 0 Å². The van der Waals surface area contributed by atoms with E-state index in [9.17, 15) is 0 Å². The third kappa shape index (κ3) is 7.42. The van der Waals surface area contributed by atoms with Crippen LogP contribution in [0.15, 0.2) is 261 Å². The fourth-order valence-corrected chi connectivity index (χ4v) is 10.6. The van der Waals surface area contributed by atoms with Gasteiger partial charge in [0.25, 0.3) is 0 Å². The van der Waals surface area contributed by atoms with Crippen LogP contribution >= 0.6 is 0 Å². The van der Waals surface area contributed by atoms with Gasteiger partial charge in [-0.3, -0.25) is 0 Å². The Hall–Kier alpha value is -10.1. The number of rotatable bonds is 9. The second-order valence-corrected chi connectivity index (χ2v) is 18.4. The molecular weight excluding hydrogens is 903 g/mol. The fourth-order valence-electron chi connectivity index (χ4n) is 10.6. The van der Waals surface area contributed by atoms with Crippen molar-refractivity contribution >= 4 is 43.6 Å². The predicted molar refractivity (Wildman–Crippen MR) is 302 cm³/mol. The highest BCUT2D eigenvalue weighted by Gasteiger charge is 2.23. The summed E-state index contributed by atoms with van der Waals surface area (Å²) in [5.41, 5.74) is 16.0. The quantitative estimate of drug-likeness (QED) is 0.144. The molecule has 0 saturated heterocycles. The standard InChI is InChI=1S/C67H43N7/c1-5-21-44(22-6-1)56-43-57(45-23-7-2-8-24-45)69-66(68-56)48-37-39-62(54(41-48)52-31-15-19-35-60(52)73-58-33-17-13-29-50(58)51-30-14-18-34-59(51)73)74-61-36-20-16-32-53(61)55-42-49(38-40-63(55)74)67-71-64(46-25-9-3-10-26-46)70-65(72-67)47-27-11-4-12-28-47/h1-43H. The Balaban J connectivity index is 1.02. The molecule has 0 radical (unpaired) electrons. The monoisotopic (exact) mass is 945 g/mol. The molecule has 0 spiro atoms. The zero-order valence-corrected chi connectivity index (χ0v) is 40.0. The van der Waals surface area contributed by atoms with E-state index < -0.39 is 0 Å². The van der Waals surface area contributed by atoms with Crippen LogP contribution in [0.1, 0.15) is 0 Å². The van der Waals surface area contributed by atoms with Crippen molar-refractivity contribution in [1.82, 2.24) is 34.1 Å². The summed E-state index contributed by atoms with van der Waals surface area (Å²) in [6.07, 6.45) is 0. The first-order valence-electron chi connectivity index (χ1n) is 24.8. The van der Waals surface area contributed by atoms with E-state index >= 15 is 0 Å². The molecule has 0 bridgehead atoms. The highest BCUT2D eigenvalue weighted by molar-refractivity contribution is 6.12. The third-order valence-corrected chi connectivity index (χ3v) is 14.0. The molecule has 0 fully saturated rings. The molecule has 14 aromatic rings. The first-order chi connectivity index (χ1) is 36.7. The molecule has 0 aliphatic carbocycles. The van der Waals surface area contributed by atoms with Crippen molar-refractivity contribution in [2.75, 3.05) is 0 Å². The molecule has 0 unspecified atom stereocenters. The molecule has 0 amide bonds. The van der Waals surface area contributed by atoms with Crippen molar-refractivity contribution in [3.05, 3.63) is 261 Å². The summed E-state index contributed by atoms with van der Waals surface area (Å²) in [6.45, 7) is 0. The molecule has 0 aliphatic rings. The van der Waals surface area contributed by atoms with Crippen molar-refractivity contribution in [2.45, 2.75) is 0 Å². The Morgan fingerprint density at radius 3 is 1.11 bits per heavy atom. The topological polar surface area (TPSA) is 74.3 Å². The number of hydrogen-bond donors (Lipinski definition) is 0. The summed E-state index contributed by atoms with van der Waals surface area (Å²) in [6, 6.07) is 91.2. The van der Waals surface area contributed by atoms with Crippen LogP contribution in [-0.2, 0) is 0 Å². The lowest BCUT2D eigenvalue weighted by atomic mass is 9.97. The van der Waals surface area contributed by atoms with Gasteiger partial charge in [-0.2, -0.15) is 0 Å². The predicted octanol–water partition coefficient (Wildman–Crippen LogP) is 16.5. The average Bonchev–Trinajstić information content (AvgIpc) is 4.01. The minimum Gasteiger partial charge on any atom is -0.309 e. The molecule has 74 heavy (non-hydrogen) atoms. The Kier molecular flexibility index (Phi) is 10.4. The van der Waals surface area contributed by atoms with Crippen LogP contribution in [0.2, 0.25) is 0 Å². The van der Waals surface area contributed by atoms with Gasteiger partial charge in [0.1, 0.15) is 0 Å². The molecule has 10 aromatic carbocycles. The Morgan fingerprint density at radius 1 is 0.216 bits per heavy atom. The maximum absolute atomic E-state index is 5.33. The molecule has 7 nitrogen and oxygen atoms in total. The van der Waals surface area contributed by atoms with Crippen molar-refractivity contribution in [1.29, 1.82) is 0 Å². The molecule has 0 saturated carbocycles. The molecule has 14 rings (SSSR count). The zero-order chi connectivity index (χ0) is 49.0. The van der Waals surface area contributed by atoms with Crippen molar-refractivity contribution in [2.24, 2.45) is 0 Å². The highest BCUT2D eigenvalue weighted by Crippen LogP contribution is 2.43. The van der Waals surface area contributed by atoms with Gasteiger partial charge in [0, 0.05) is 66.1 Å². The normalized spacial score (nSPS) is 11.5. The maximum Gasteiger partial charge on any atom is 0.164 e. The van der Waals surface area contributed by atoms with Crippen LogP contribution < -0.4 is 0 Å². The van der Waals surface area contributed by atoms with E-state index in [0.29, 0.717) is 23.3 Å². The van der Waals surface area contributed by atoms with Crippen LogP contribution in [0.4, 0.5) is 0 Å². The number of benzene rings is 10. The SMILES string of the molecule is c1ccc(-c2cc(-c3ccccc3)nc(-c3ccc(-n4c5ccccc5c5cc(-c6nc(-c7ccccc7)nc(-c7ccccc7)n6)ccc54)c(-c4ccccc4-n4c5ccccc5c5ccccc54)c3)n2)cc1. The fraction of sp³-hybridized carbons (Fsp3) is 0. The molecule has 0 atom stereocenters. The summed E-state index contributed by atoms with van der Waals surface area (Å²) in [5.74, 6) is 2.49. The maximum atomic E-state index is 5.33. The lowest BCUT2D eigenvalue weighted by molar-refractivity contribution is 1.07. The van der Waals surface area contributed by atoms with Gasteiger partial charge in [-0.1, -0.05) is 194 Å². The third-order valence-electron chi connectivity index (χ3n) is 14.0. The van der Waals surface area contributed by atoms with E-state index in [1.54, 1.807) is 0 Å². The second kappa shape index (κ2) is 17.9. The highest BCUT2D eigenvalue weighted by atomic mass is 15.0. The number of hydrogen-bond acceptors (Lipinski definition) is 5. The Labute approximate surface area is 427 Å². The van der Waals surface area contributed by atoms with Crippen molar-refractivity contribution < 1.29 is 0 Å². The summed E-state index contributed by atoms with van der Waals surface area (Å²) >= 11 is 0. The molecule has 0 aliphatic heterocycles. The van der Waals surface area contributed by atoms with Gasteiger partial charge in [-0.05, 0) is 66.7 Å². The van der Waals surface area contributed by atoms with Crippen LogP contribution in [0, 0.1) is 0 Å². The van der Waals surface area contributed by atoms with E-state index in [1.807, 2.05) is 72.8 Å². The number of para-hydroxylation sites is 4. The van der Waals surface area contributed by atoms with Gasteiger partial charge in [-0.25, -0.2) is 24.9 Å². The van der Waals surface area contributed by atoms with Crippen LogP contribution in [-0.4, -0.2) is 34.1 Å². The van der Waals surface area contributed by atoms with Crippen LogP contribution in [0.25, 0.3) is 134 Å². The summed E-state index contributed by atoms with van der Waals surface area (Å²) < 4.78 is 4.82. The molecule has 7 heteroatoms. The number of aromatic nitrogens is 7. The van der Waals surface area contributed by atoms with Crippen LogP contribution in [0.3, 0.4) is 0 Å². The van der Waals surface area contributed by atoms with E-state index in [4.69, 9.17) is 24.9 Å². The zero-order valence-electron chi connectivity index (χ0n) is 40.0. The van der Waals surface area contributed by atoms with Gasteiger partial charge in [-0.15, -0.1) is 0 Å². The van der Waals surface area contributed by atoms with E-state index in [2.05, 4.69) is 197 Å². The molecule has 4 heterocycles. The summed E-state index contributed by atoms with van der Waals surface area (Å²) in [7, 11) is 0. The lowest BCUT2D eigenvalue weighted by Gasteiger charge is -2.20. The largest absolute Gasteiger partial charge is 0.309 e. The average molecular weight is 946 g/mol. The molecule has 4 aromatic heterocycles. The number of nitrogens with zero attached hydrogens (tertiary/aromatic N) is 7. The molecular formula is C67H43N7. The van der Waals surface area contributed by atoms with Gasteiger partial charge in [0.15, 0.2) is 23.3 Å². The van der Waals surface area contributed by atoms with Crippen molar-refractivity contribution in [3.8, 4) is 90.6 Å². The van der Waals surface area contributed by atoms with Gasteiger partial charge in [0.2, 0.25) is 0 Å². The summed E-state index contributed by atoms with van der Waals surface area (Å²) in [4.78, 5) is 25.9. The molecule has 0 N–H and O–H groups in total. The Morgan fingerprint density at radius 2 is 0.581 bits per heavy atom. The summed E-state index contributed by atoms with van der Waals surface area (Å²) in [5, 5.41) is 4.60. The number of fused-ring (bicyclic) bond motifs is 6. The van der Waals surface area contributed by atoms with Gasteiger partial charge in [0.05, 0.1) is 44.8 Å². The van der Waals surface area contributed by atoms with E-state index in [1.165, 1.54) is 10.8 Å². The van der Waals surface area contributed by atoms with E-state index in [-0.39, 0.29) is 0 Å². The smallest absolute Gasteiger partial charge is 0.164 e. The minimum absolute atomic E-state index is 0.606.